The molecule has 0 unspecified atom stereocenters. The van der Waals surface area contributed by atoms with Crippen LogP contribution in [0.2, 0.25) is 0 Å². The van der Waals surface area contributed by atoms with Crippen LogP contribution in [0.5, 0.6) is 0 Å². The Morgan fingerprint density at radius 3 is 1.91 bits per heavy atom. The van der Waals surface area contributed by atoms with Crippen molar-refractivity contribution in [1.82, 2.24) is 9.80 Å². The molecule has 134 valence electrons. The first-order valence-electron chi connectivity index (χ1n) is 9.70. The molecule has 0 N–H and O–H groups in total. The second kappa shape index (κ2) is 6.00. The molecule has 0 amide bonds. The average Bonchev–Trinajstić information content (AvgIpc) is 2.29. The summed E-state index contributed by atoms with van der Waals surface area (Å²) in [6.07, 6.45) is 5.75. The summed E-state index contributed by atoms with van der Waals surface area (Å²) in [5.41, 5.74) is 1.03. The van der Waals surface area contributed by atoms with E-state index in [0.717, 1.165) is 5.92 Å². The minimum atomic E-state index is 0.0184. The number of rotatable bonds is 3. The fraction of sp³-hybridized carbons (Fsp3) is 1.00. The van der Waals surface area contributed by atoms with Crippen molar-refractivity contribution >= 4 is 0 Å². The van der Waals surface area contributed by atoms with Crippen LogP contribution in [0.15, 0.2) is 0 Å². The van der Waals surface area contributed by atoms with Gasteiger partial charge in [-0.05, 0) is 73.1 Å². The lowest BCUT2D eigenvalue weighted by Crippen LogP contribution is -2.74. The van der Waals surface area contributed by atoms with Gasteiger partial charge >= 0.3 is 0 Å². The Balaban J connectivity index is 1.33. The molecule has 2 heterocycles. The highest BCUT2D eigenvalue weighted by atomic mass is 16.5. The van der Waals surface area contributed by atoms with Crippen molar-refractivity contribution in [3.63, 3.8) is 0 Å². The van der Waals surface area contributed by atoms with E-state index < -0.39 is 0 Å². The molecule has 3 rings (SSSR count). The SMILES string of the molecule is CC(C)(C)OC1CCC(CN2CC3(C2)CN(C(C)(C)C)C3)CC1. The molecular formula is C20H38N2O. The molecule has 1 spiro atoms. The molecule has 2 aliphatic heterocycles. The molecule has 1 saturated carbocycles. The molecule has 1 aliphatic carbocycles. The van der Waals surface area contributed by atoms with Crippen LogP contribution in [0.4, 0.5) is 0 Å². The minimum Gasteiger partial charge on any atom is -0.373 e. The maximum atomic E-state index is 6.16. The number of ether oxygens (including phenoxy) is 1. The number of hydrogen-bond acceptors (Lipinski definition) is 3. The lowest BCUT2D eigenvalue weighted by Gasteiger charge is -2.64. The number of nitrogens with zero attached hydrogens (tertiary/aromatic N) is 2. The van der Waals surface area contributed by atoms with Crippen molar-refractivity contribution in [3.8, 4) is 0 Å². The molecule has 3 nitrogen and oxygen atoms in total. The van der Waals surface area contributed by atoms with Gasteiger partial charge in [0.05, 0.1) is 11.7 Å². The summed E-state index contributed by atoms with van der Waals surface area (Å²) < 4.78 is 6.16. The van der Waals surface area contributed by atoms with Gasteiger partial charge in [-0.3, -0.25) is 4.90 Å². The summed E-state index contributed by atoms with van der Waals surface area (Å²) in [5.74, 6) is 0.908. The monoisotopic (exact) mass is 322 g/mol. The Labute approximate surface area is 143 Å². The third-order valence-electron chi connectivity index (χ3n) is 5.95. The summed E-state index contributed by atoms with van der Waals surface area (Å²) in [6.45, 7) is 20.2. The van der Waals surface area contributed by atoms with Crippen LogP contribution in [0, 0.1) is 11.3 Å². The van der Waals surface area contributed by atoms with E-state index >= 15 is 0 Å². The molecule has 3 aliphatic rings. The summed E-state index contributed by atoms with van der Waals surface area (Å²) in [7, 11) is 0. The fourth-order valence-electron chi connectivity index (χ4n) is 4.77. The van der Waals surface area contributed by atoms with Gasteiger partial charge in [0, 0.05) is 43.7 Å². The van der Waals surface area contributed by atoms with Gasteiger partial charge in [0.1, 0.15) is 0 Å². The fourth-order valence-corrected chi connectivity index (χ4v) is 4.77. The number of hydrogen-bond donors (Lipinski definition) is 0. The zero-order valence-electron chi connectivity index (χ0n) is 16.3. The highest BCUT2D eigenvalue weighted by Crippen LogP contribution is 2.43. The molecule has 0 atom stereocenters. The van der Waals surface area contributed by atoms with Crippen molar-refractivity contribution in [3.05, 3.63) is 0 Å². The topological polar surface area (TPSA) is 15.7 Å². The van der Waals surface area contributed by atoms with Crippen LogP contribution in [-0.2, 0) is 4.74 Å². The summed E-state index contributed by atoms with van der Waals surface area (Å²) >= 11 is 0. The molecule has 3 heteroatoms. The van der Waals surface area contributed by atoms with E-state index in [1.165, 1.54) is 58.4 Å². The van der Waals surface area contributed by atoms with Gasteiger partial charge in [-0.15, -0.1) is 0 Å². The zero-order chi connectivity index (χ0) is 16.9. The van der Waals surface area contributed by atoms with E-state index in [9.17, 15) is 0 Å². The Hall–Kier alpha value is -0.120. The first-order chi connectivity index (χ1) is 10.5. The third kappa shape index (κ3) is 4.29. The normalized spacial score (nSPS) is 32.6. The summed E-state index contributed by atoms with van der Waals surface area (Å²) in [5, 5.41) is 0. The van der Waals surface area contributed by atoms with E-state index in [1.807, 2.05) is 0 Å². The Bertz CT molecular complexity index is 398. The minimum absolute atomic E-state index is 0.0184. The van der Waals surface area contributed by atoms with Crippen molar-refractivity contribution in [2.45, 2.75) is 84.5 Å². The Morgan fingerprint density at radius 2 is 1.43 bits per heavy atom. The zero-order valence-corrected chi connectivity index (χ0v) is 16.3. The Kier molecular flexibility index (Phi) is 4.61. The largest absolute Gasteiger partial charge is 0.373 e. The second-order valence-electron chi connectivity index (χ2n) is 10.6. The molecule has 0 aromatic carbocycles. The van der Waals surface area contributed by atoms with Crippen LogP contribution in [0.3, 0.4) is 0 Å². The maximum absolute atomic E-state index is 6.16. The molecule has 0 aromatic rings. The van der Waals surface area contributed by atoms with E-state index in [2.05, 4.69) is 51.3 Å². The van der Waals surface area contributed by atoms with Crippen LogP contribution in [0.25, 0.3) is 0 Å². The predicted molar refractivity (Wildman–Crippen MR) is 96.8 cm³/mol. The third-order valence-corrected chi connectivity index (χ3v) is 5.95. The van der Waals surface area contributed by atoms with E-state index in [1.54, 1.807) is 0 Å². The quantitative estimate of drug-likeness (QED) is 0.786. The van der Waals surface area contributed by atoms with Crippen molar-refractivity contribution in [2.24, 2.45) is 11.3 Å². The van der Waals surface area contributed by atoms with Gasteiger partial charge in [-0.2, -0.15) is 0 Å². The van der Waals surface area contributed by atoms with Crippen LogP contribution in [-0.4, -0.2) is 59.8 Å². The predicted octanol–water partition coefficient (Wildman–Crippen LogP) is 3.78. The van der Waals surface area contributed by atoms with Crippen molar-refractivity contribution in [2.75, 3.05) is 32.7 Å². The lowest BCUT2D eigenvalue weighted by molar-refractivity contribution is -0.149. The van der Waals surface area contributed by atoms with Gasteiger partial charge in [0.15, 0.2) is 0 Å². The molecule has 23 heavy (non-hydrogen) atoms. The van der Waals surface area contributed by atoms with E-state index in [-0.39, 0.29) is 5.60 Å². The summed E-state index contributed by atoms with van der Waals surface area (Å²) in [6, 6.07) is 0. The van der Waals surface area contributed by atoms with Crippen LogP contribution >= 0.6 is 0 Å². The highest BCUT2D eigenvalue weighted by molar-refractivity contribution is 5.08. The first kappa shape index (κ1) is 17.7. The van der Waals surface area contributed by atoms with Crippen LogP contribution in [0.1, 0.15) is 67.2 Å². The molecule has 3 fully saturated rings. The summed E-state index contributed by atoms with van der Waals surface area (Å²) in [4.78, 5) is 5.36. The van der Waals surface area contributed by atoms with Gasteiger partial charge < -0.3 is 9.64 Å². The number of likely N-dealkylation sites (tertiary alicyclic amines) is 2. The maximum Gasteiger partial charge on any atom is 0.0602 e. The van der Waals surface area contributed by atoms with Crippen molar-refractivity contribution < 1.29 is 4.74 Å². The smallest absolute Gasteiger partial charge is 0.0602 e. The standard InChI is InChI=1S/C20H38N2O/c1-18(2,3)22-14-20(15-22)12-21(13-20)11-16-7-9-17(10-8-16)23-19(4,5)6/h16-17H,7-15H2,1-6H3. The molecule has 0 aromatic heterocycles. The molecular weight excluding hydrogens is 284 g/mol. The van der Waals surface area contributed by atoms with Gasteiger partial charge in [-0.25, -0.2) is 0 Å². The highest BCUT2D eigenvalue weighted by Gasteiger charge is 2.53. The molecule has 0 bridgehead atoms. The molecule has 0 radical (unpaired) electrons. The lowest BCUT2D eigenvalue weighted by atomic mass is 9.70. The van der Waals surface area contributed by atoms with Gasteiger partial charge in [0.2, 0.25) is 0 Å². The second-order valence-corrected chi connectivity index (χ2v) is 10.6. The van der Waals surface area contributed by atoms with Gasteiger partial charge in [-0.1, -0.05) is 0 Å². The first-order valence-corrected chi connectivity index (χ1v) is 9.70. The van der Waals surface area contributed by atoms with E-state index in [0.29, 0.717) is 17.1 Å². The van der Waals surface area contributed by atoms with Gasteiger partial charge in [0.25, 0.3) is 0 Å². The Morgan fingerprint density at radius 1 is 0.870 bits per heavy atom. The average molecular weight is 323 g/mol. The molecule has 2 saturated heterocycles. The van der Waals surface area contributed by atoms with Crippen LogP contribution < -0.4 is 0 Å². The van der Waals surface area contributed by atoms with Crippen molar-refractivity contribution in [1.29, 1.82) is 0 Å². The van der Waals surface area contributed by atoms with E-state index in [4.69, 9.17) is 4.74 Å².